The topological polar surface area (TPSA) is 49.5 Å². The lowest BCUT2D eigenvalue weighted by Gasteiger charge is -2.15. The molecule has 1 atom stereocenters. The summed E-state index contributed by atoms with van der Waals surface area (Å²) in [5.41, 5.74) is 0.676. The molecule has 2 aromatic rings. The molecule has 0 spiro atoms. The molecule has 0 saturated heterocycles. The Balaban J connectivity index is 1.99. The molecule has 0 saturated carbocycles. The van der Waals surface area contributed by atoms with Crippen LogP contribution in [-0.2, 0) is 6.54 Å². The van der Waals surface area contributed by atoms with Crippen molar-refractivity contribution in [3.05, 3.63) is 42.2 Å². The zero-order valence-corrected chi connectivity index (χ0v) is 11.7. The van der Waals surface area contributed by atoms with Crippen LogP contribution < -0.4 is 0 Å². The fraction of sp³-hybridized carbons (Fsp3) is 0.400. The number of nitrogens with zero attached hydrogens (tertiary/aromatic N) is 2. The molecule has 1 unspecified atom stereocenters. The Hall–Kier alpha value is -1.72. The van der Waals surface area contributed by atoms with E-state index in [0.717, 1.165) is 6.54 Å². The van der Waals surface area contributed by atoms with E-state index in [-0.39, 0.29) is 11.9 Å². The molecule has 20 heavy (non-hydrogen) atoms. The summed E-state index contributed by atoms with van der Waals surface area (Å²) in [5.74, 6) is 0.843. The first-order chi connectivity index (χ1) is 9.54. The fourth-order valence-electron chi connectivity index (χ4n) is 1.88. The Morgan fingerprint density at radius 2 is 2.25 bits per heavy atom. The van der Waals surface area contributed by atoms with Gasteiger partial charge in [0.2, 0.25) is 5.89 Å². The summed E-state index contributed by atoms with van der Waals surface area (Å²) in [4.78, 5) is 6.22. The molecule has 0 amide bonds. The van der Waals surface area contributed by atoms with Gasteiger partial charge in [0.15, 0.2) is 5.76 Å². The third-order valence-corrected chi connectivity index (χ3v) is 3.00. The summed E-state index contributed by atoms with van der Waals surface area (Å²) >= 11 is 0. The van der Waals surface area contributed by atoms with E-state index >= 15 is 0 Å². The smallest absolute Gasteiger partial charge is 0.209 e. The van der Waals surface area contributed by atoms with Crippen LogP contribution in [0, 0.1) is 5.82 Å². The van der Waals surface area contributed by atoms with Crippen LogP contribution in [0.25, 0.3) is 11.3 Å². The summed E-state index contributed by atoms with van der Waals surface area (Å²) < 4.78 is 18.8. The number of aliphatic hydroxyl groups is 1. The second-order valence-corrected chi connectivity index (χ2v) is 5.00. The van der Waals surface area contributed by atoms with Crippen molar-refractivity contribution in [1.29, 1.82) is 0 Å². The van der Waals surface area contributed by atoms with E-state index in [1.807, 2.05) is 11.9 Å². The normalized spacial score (nSPS) is 12.8. The predicted molar refractivity (Wildman–Crippen MR) is 74.5 cm³/mol. The minimum Gasteiger partial charge on any atom is -0.439 e. The summed E-state index contributed by atoms with van der Waals surface area (Å²) in [6.07, 6.45) is 1.99. The molecule has 0 aliphatic heterocycles. The minimum atomic E-state index is -0.315. The number of oxazole rings is 1. The van der Waals surface area contributed by atoms with Crippen LogP contribution in [0.3, 0.4) is 0 Å². The summed E-state index contributed by atoms with van der Waals surface area (Å²) in [6.45, 7) is 3.08. The van der Waals surface area contributed by atoms with Crippen molar-refractivity contribution in [1.82, 2.24) is 9.88 Å². The maximum atomic E-state index is 13.2. The Kier molecular flexibility index (Phi) is 4.87. The quantitative estimate of drug-likeness (QED) is 0.882. The Morgan fingerprint density at radius 1 is 1.45 bits per heavy atom. The van der Waals surface area contributed by atoms with Gasteiger partial charge in [0, 0.05) is 12.1 Å². The summed E-state index contributed by atoms with van der Waals surface area (Å²) in [6, 6.07) is 6.23. The number of benzene rings is 1. The van der Waals surface area contributed by atoms with Gasteiger partial charge in [-0.1, -0.05) is 12.1 Å². The number of rotatable bonds is 6. The van der Waals surface area contributed by atoms with Crippen molar-refractivity contribution in [3.63, 3.8) is 0 Å². The van der Waals surface area contributed by atoms with Crippen molar-refractivity contribution in [3.8, 4) is 11.3 Å². The predicted octanol–water partition coefficient (Wildman–Crippen LogP) is 2.68. The fourth-order valence-corrected chi connectivity index (χ4v) is 1.88. The van der Waals surface area contributed by atoms with Crippen LogP contribution in [0.4, 0.5) is 4.39 Å². The third kappa shape index (κ3) is 4.15. The molecule has 108 valence electrons. The molecule has 0 bridgehead atoms. The number of hydrogen-bond donors (Lipinski definition) is 1. The van der Waals surface area contributed by atoms with Crippen LogP contribution >= 0.6 is 0 Å². The van der Waals surface area contributed by atoms with Gasteiger partial charge in [0.25, 0.3) is 0 Å². The van der Waals surface area contributed by atoms with E-state index in [1.54, 1.807) is 25.3 Å². The van der Waals surface area contributed by atoms with Crippen molar-refractivity contribution in [2.45, 2.75) is 26.0 Å². The molecule has 1 aromatic carbocycles. The molecule has 4 nitrogen and oxygen atoms in total. The second-order valence-electron chi connectivity index (χ2n) is 5.00. The lowest BCUT2D eigenvalue weighted by atomic mass is 10.2. The standard InChI is InChI=1S/C15H19FN2O2/c1-11(19)6-7-18(2)10-15-17-9-14(20-15)12-4-3-5-13(16)8-12/h3-5,8-9,11,19H,6-7,10H2,1-2H3. The Bertz CT molecular complexity index is 554. The lowest BCUT2D eigenvalue weighted by molar-refractivity contribution is 0.160. The highest BCUT2D eigenvalue weighted by molar-refractivity contribution is 5.56. The van der Waals surface area contributed by atoms with E-state index in [1.165, 1.54) is 12.1 Å². The lowest BCUT2D eigenvalue weighted by Crippen LogP contribution is -2.22. The third-order valence-electron chi connectivity index (χ3n) is 3.00. The molecule has 1 aromatic heterocycles. The number of hydrogen-bond acceptors (Lipinski definition) is 4. The molecule has 0 aliphatic carbocycles. The summed E-state index contributed by atoms with van der Waals surface area (Å²) in [5, 5.41) is 9.24. The molecule has 1 heterocycles. The highest BCUT2D eigenvalue weighted by Gasteiger charge is 2.10. The van der Waals surface area contributed by atoms with Crippen molar-refractivity contribution in [2.24, 2.45) is 0 Å². The van der Waals surface area contributed by atoms with Crippen molar-refractivity contribution in [2.75, 3.05) is 13.6 Å². The molecular weight excluding hydrogens is 259 g/mol. The highest BCUT2D eigenvalue weighted by atomic mass is 19.1. The second kappa shape index (κ2) is 6.63. The molecule has 2 rings (SSSR count). The number of halogens is 1. The van der Waals surface area contributed by atoms with E-state index in [9.17, 15) is 9.50 Å². The van der Waals surface area contributed by atoms with Crippen molar-refractivity contribution >= 4 is 0 Å². The van der Waals surface area contributed by atoms with E-state index in [0.29, 0.717) is 30.2 Å². The van der Waals surface area contributed by atoms with Gasteiger partial charge in [-0.05, 0) is 32.5 Å². The van der Waals surface area contributed by atoms with Gasteiger partial charge in [0.1, 0.15) is 5.82 Å². The first-order valence-corrected chi connectivity index (χ1v) is 6.62. The molecule has 0 fully saturated rings. The van der Waals surface area contributed by atoms with Crippen LogP contribution in [0.1, 0.15) is 19.2 Å². The van der Waals surface area contributed by atoms with Gasteiger partial charge >= 0.3 is 0 Å². The van der Waals surface area contributed by atoms with Crippen LogP contribution in [0.2, 0.25) is 0 Å². The van der Waals surface area contributed by atoms with Crippen LogP contribution in [0.5, 0.6) is 0 Å². The maximum Gasteiger partial charge on any atom is 0.209 e. The monoisotopic (exact) mass is 278 g/mol. The number of aliphatic hydroxyl groups excluding tert-OH is 1. The van der Waals surface area contributed by atoms with Gasteiger partial charge in [-0.3, -0.25) is 4.90 Å². The molecule has 5 heteroatoms. The van der Waals surface area contributed by atoms with Crippen molar-refractivity contribution < 1.29 is 13.9 Å². The van der Waals surface area contributed by atoms with Gasteiger partial charge in [-0.2, -0.15) is 0 Å². The van der Waals surface area contributed by atoms with Gasteiger partial charge in [-0.25, -0.2) is 9.37 Å². The average Bonchev–Trinajstić information content (AvgIpc) is 2.85. The molecule has 0 radical (unpaired) electrons. The van der Waals surface area contributed by atoms with E-state index in [4.69, 9.17) is 4.42 Å². The average molecular weight is 278 g/mol. The molecule has 0 aliphatic rings. The van der Waals surface area contributed by atoms with Gasteiger partial charge in [-0.15, -0.1) is 0 Å². The van der Waals surface area contributed by atoms with E-state index < -0.39 is 0 Å². The van der Waals surface area contributed by atoms with Gasteiger partial charge in [0.05, 0.1) is 18.8 Å². The van der Waals surface area contributed by atoms with Crippen LogP contribution in [-0.4, -0.2) is 34.7 Å². The first-order valence-electron chi connectivity index (χ1n) is 6.62. The molecular formula is C15H19FN2O2. The zero-order chi connectivity index (χ0) is 14.5. The number of aromatic nitrogens is 1. The molecule has 1 N–H and O–H groups in total. The van der Waals surface area contributed by atoms with Crippen LogP contribution in [0.15, 0.2) is 34.9 Å². The SMILES string of the molecule is CC(O)CCN(C)Cc1ncc(-c2cccc(F)c2)o1. The largest absolute Gasteiger partial charge is 0.439 e. The maximum absolute atomic E-state index is 13.2. The van der Waals surface area contributed by atoms with E-state index in [2.05, 4.69) is 4.98 Å². The minimum absolute atomic E-state index is 0.297. The Labute approximate surface area is 117 Å². The zero-order valence-electron chi connectivity index (χ0n) is 11.7. The Morgan fingerprint density at radius 3 is 2.95 bits per heavy atom. The van der Waals surface area contributed by atoms with Gasteiger partial charge < -0.3 is 9.52 Å². The highest BCUT2D eigenvalue weighted by Crippen LogP contribution is 2.21. The first kappa shape index (κ1) is 14.7. The summed E-state index contributed by atoms with van der Waals surface area (Å²) in [7, 11) is 1.94.